The van der Waals surface area contributed by atoms with Gasteiger partial charge in [0.25, 0.3) is 5.91 Å². The number of anilines is 1. The fourth-order valence-corrected chi connectivity index (χ4v) is 6.23. The maximum atomic E-state index is 13.7. The van der Waals surface area contributed by atoms with E-state index in [0.717, 1.165) is 51.9 Å². The molecular weight excluding hydrogens is 466 g/mol. The lowest BCUT2D eigenvalue weighted by molar-refractivity contribution is -0.129. The number of piperidine rings is 2. The van der Waals surface area contributed by atoms with Crippen LogP contribution in [0.25, 0.3) is 0 Å². The second-order valence-electron chi connectivity index (χ2n) is 11.3. The van der Waals surface area contributed by atoms with Crippen molar-refractivity contribution in [3.8, 4) is 0 Å². The van der Waals surface area contributed by atoms with Crippen LogP contribution < -0.4 is 5.32 Å². The van der Waals surface area contributed by atoms with Crippen LogP contribution in [0.4, 0.5) is 5.82 Å². The number of amides is 2. The quantitative estimate of drug-likeness (QED) is 0.664. The summed E-state index contributed by atoms with van der Waals surface area (Å²) < 4.78 is 0. The standard InChI is InChI=1S/C29H39N5O3/c1-20(35)32-15-10-24(11-16-32)31-26-18-22(8-13-30-26)28(37)34-17-12-25(27(36)29(34,2)3)33-14-9-21-6-4-5-7-23(21)19-33/h4-8,13,18,24-25,27,36H,9-12,14-17,19H2,1-3H3,(H,30,31). The van der Waals surface area contributed by atoms with E-state index in [0.29, 0.717) is 17.9 Å². The van der Waals surface area contributed by atoms with Gasteiger partial charge in [-0.25, -0.2) is 4.98 Å². The first-order valence-corrected chi connectivity index (χ1v) is 13.5. The normalized spacial score (nSPS) is 24.4. The van der Waals surface area contributed by atoms with Crippen molar-refractivity contribution in [3.63, 3.8) is 0 Å². The molecule has 1 aromatic heterocycles. The van der Waals surface area contributed by atoms with E-state index in [9.17, 15) is 14.7 Å². The van der Waals surface area contributed by atoms with Crippen molar-refractivity contribution in [2.75, 3.05) is 31.5 Å². The summed E-state index contributed by atoms with van der Waals surface area (Å²) in [6.07, 6.45) is 4.45. The molecule has 0 aliphatic carbocycles. The van der Waals surface area contributed by atoms with Gasteiger partial charge >= 0.3 is 0 Å². The van der Waals surface area contributed by atoms with Crippen molar-refractivity contribution in [1.82, 2.24) is 19.7 Å². The lowest BCUT2D eigenvalue weighted by Gasteiger charge is -2.52. The number of hydrogen-bond acceptors (Lipinski definition) is 6. The Bertz CT molecular complexity index is 1140. The van der Waals surface area contributed by atoms with E-state index in [1.165, 1.54) is 11.1 Å². The molecule has 8 heteroatoms. The Balaban J connectivity index is 1.24. The number of fused-ring (bicyclic) bond motifs is 1. The van der Waals surface area contributed by atoms with Gasteiger partial charge in [0.05, 0.1) is 11.6 Å². The zero-order valence-corrected chi connectivity index (χ0v) is 22.2. The van der Waals surface area contributed by atoms with Gasteiger partial charge in [-0.3, -0.25) is 14.5 Å². The van der Waals surface area contributed by atoms with Gasteiger partial charge in [-0.2, -0.15) is 0 Å². The first kappa shape index (κ1) is 25.7. The average molecular weight is 506 g/mol. The third kappa shape index (κ3) is 5.22. The molecule has 0 spiro atoms. The van der Waals surface area contributed by atoms with Crippen LogP contribution in [0.15, 0.2) is 42.6 Å². The maximum absolute atomic E-state index is 13.7. The molecule has 2 atom stereocenters. The van der Waals surface area contributed by atoms with E-state index in [4.69, 9.17) is 0 Å². The van der Waals surface area contributed by atoms with Crippen molar-refractivity contribution in [1.29, 1.82) is 0 Å². The first-order chi connectivity index (χ1) is 17.7. The fourth-order valence-electron chi connectivity index (χ4n) is 6.23. The molecule has 5 rings (SSSR count). The highest BCUT2D eigenvalue weighted by molar-refractivity contribution is 5.95. The number of aromatic nitrogens is 1. The minimum absolute atomic E-state index is 0.0166. The summed E-state index contributed by atoms with van der Waals surface area (Å²) in [5.74, 6) is 0.707. The number of likely N-dealkylation sites (tertiary alicyclic amines) is 2. The van der Waals surface area contributed by atoms with Crippen LogP contribution in [-0.2, 0) is 17.8 Å². The van der Waals surface area contributed by atoms with E-state index >= 15 is 0 Å². The molecule has 2 amide bonds. The highest BCUT2D eigenvalue weighted by Gasteiger charge is 2.47. The highest BCUT2D eigenvalue weighted by atomic mass is 16.3. The Kier molecular flexibility index (Phi) is 7.23. The van der Waals surface area contributed by atoms with Crippen molar-refractivity contribution in [3.05, 3.63) is 59.3 Å². The van der Waals surface area contributed by atoms with Gasteiger partial charge in [0.15, 0.2) is 0 Å². The van der Waals surface area contributed by atoms with Crippen molar-refractivity contribution < 1.29 is 14.7 Å². The first-order valence-electron chi connectivity index (χ1n) is 13.5. The van der Waals surface area contributed by atoms with Gasteiger partial charge in [-0.1, -0.05) is 24.3 Å². The zero-order chi connectivity index (χ0) is 26.2. The molecule has 198 valence electrons. The summed E-state index contributed by atoms with van der Waals surface area (Å²) in [6, 6.07) is 12.4. The summed E-state index contributed by atoms with van der Waals surface area (Å²) in [6.45, 7) is 9.38. The molecule has 8 nitrogen and oxygen atoms in total. The van der Waals surface area contributed by atoms with Crippen LogP contribution in [0.2, 0.25) is 0 Å². The number of rotatable bonds is 4. The lowest BCUT2D eigenvalue weighted by Crippen LogP contribution is -2.66. The highest BCUT2D eigenvalue weighted by Crippen LogP contribution is 2.34. The number of aliphatic hydroxyl groups is 1. The van der Waals surface area contributed by atoms with Crippen LogP contribution in [-0.4, -0.2) is 86.5 Å². The van der Waals surface area contributed by atoms with Crippen molar-refractivity contribution in [2.45, 2.75) is 76.7 Å². The Morgan fingerprint density at radius 2 is 1.76 bits per heavy atom. The molecule has 2 fully saturated rings. The monoisotopic (exact) mass is 505 g/mol. The number of nitrogens with one attached hydrogen (secondary N) is 1. The molecule has 2 unspecified atom stereocenters. The summed E-state index contributed by atoms with van der Waals surface area (Å²) in [4.78, 5) is 35.8. The van der Waals surface area contributed by atoms with Crippen molar-refractivity contribution >= 4 is 17.6 Å². The summed E-state index contributed by atoms with van der Waals surface area (Å²) in [7, 11) is 0. The zero-order valence-electron chi connectivity index (χ0n) is 22.2. The fraction of sp³-hybridized carbons (Fsp3) is 0.552. The van der Waals surface area contributed by atoms with Crippen LogP contribution in [0.1, 0.15) is 61.5 Å². The molecule has 4 heterocycles. The Morgan fingerprint density at radius 3 is 2.49 bits per heavy atom. The maximum Gasteiger partial charge on any atom is 0.254 e. The summed E-state index contributed by atoms with van der Waals surface area (Å²) >= 11 is 0. The molecule has 2 N–H and O–H groups in total. The molecule has 3 aliphatic rings. The van der Waals surface area contributed by atoms with E-state index < -0.39 is 11.6 Å². The molecule has 0 bridgehead atoms. The van der Waals surface area contributed by atoms with Crippen LogP contribution >= 0.6 is 0 Å². The van der Waals surface area contributed by atoms with Gasteiger partial charge in [0.1, 0.15) is 5.82 Å². The Labute approximate surface area is 219 Å². The number of pyridine rings is 1. The average Bonchev–Trinajstić information content (AvgIpc) is 2.90. The SMILES string of the molecule is CC(=O)N1CCC(Nc2cc(C(=O)N3CCC(N4CCc5ccccc5C4)C(O)C3(C)C)ccn2)CC1. The molecule has 0 saturated carbocycles. The smallest absolute Gasteiger partial charge is 0.254 e. The lowest BCUT2D eigenvalue weighted by atomic mass is 9.81. The van der Waals surface area contributed by atoms with Gasteiger partial charge in [-0.15, -0.1) is 0 Å². The van der Waals surface area contributed by atoms with Gasteiger partial charge in [-0.05, 0) is 62.8 Å². The Hall–Kier alpha value is -2.97. The third-order valence-electron chi connectivity index (χ3n) is 8.61. The Morgan fingerprint density at radius 1 is 1.03 bits per heavy atom. The molecule has 2 aromatic rings. The van der Waals surface area contributed by atoms with E-state index in [2.05, 4.69) is 39.5 Å². The number of carbonyl (C=O) groups is 2. The molecule has 1 aromatic carbocycles. The second-order valence-corrected chi connectivity index (χ2v) is 11.3. The molecule has 2 saturated heterocycles. The van der Waals surface area contributed by atoms with Crippen LogP contribution in [0, 0.1) is 0 Å². The van der Waals surface area contributed by atoms with E-state index in [1.807, 2.05) is 29.7 Å². The second kappa shape index (κ2) is 10.4. The van der Waals surface area contributed by atoms with Crippen molar-refractivity contribution in [2.24, 2.45) is 0 Å². The van der Waals surface area contributed by atoms with Gasteiger partial charge < -0.3 is 20.2 Å². The van der Waals surface area contributed by atoms with Crippen LogP contribution in [0.5, 0.6) is 0 Å². The number of aliphatic hydroxyl groups excluding tert-OH is 1. The van der Waals surface area contributed by atoms with E-state index in [-0.39, 0.29) is 23.9 Å². The number of carbonyl (C=O) groups excluding carboxylic acids is 2. The number of benzene rings is 1. The topological polar surface area (TPSA) is 89.0 Å². The largest absolute Gasteiger partial charge is 0.389 e. The molecule has 0 radical (unpaired) electrons. The van der Waals surface area contributed by atoms with Crippen LogP contribution in [0.3, 0.4) is 0 Å². The number of hydrogen-bond donors (Lipinski definition) is 2. The van der Waals surface area contributed by atoms with Gasteiger partial charge in [0.2, 0.25) is 5.91 Å². The molecular formula is C29H39N5O3. The van der Waals surface area contributed by atoms with Gasteiger partial charge in [0, 0.05) is 63.5 Å². The number of nitrogens with zero attached hydrogens (tertiary/aromatic N) is 4. The molecule has 37 heavy (non-hydrogen) atoms. The molecule has 3 aliphatic heterocycles. The summed E-state index contributed by atoms with van der Waals surface area (Å²) in [5.41, 5.74) is 2.60. The predicted octanol–water partition coefficient (Wildman–Crippen LogP) is 2.92. The third-order valence-corrected chi connectivity index (χ3v) is 8.61. The van der Waals surface area contributed by atoms with E-state index in [1.54, 1.807) is 19.2 Å². The predicted molar refractivity (Wildman–Crippen MR) is 143 cm³/mol. The minimum Gasteiger partial charge on any atom is -0.389 e. The summed E-state index contributed by atoms with van der Waals surface area (Å²) in [5, 5.41) is 15.0. The minimum atomic E-state index is -0.701.